The summed E-state index contributed by atoms with van der Waals surface area (Å²) in [5.74, 6) is 0. The van der Waals surface area contributed by atoms with Gasteiger partial charge in [0.05, 0.1) is 0 Å². The molecule has 0 N–H and O–H groups in total. The molecule has 0 fully saturated rings. The van der Waals surface area contributed by atoms with Crippen molar-refractivity contribution < 1.29 is 0 Å². The van der Waals surface area contributed by atoms with Crippen molar-refractivity contribution in [2.24, 2.45) is 0 Å². The largest absolute Gasteiger partial charge is 0.318 e. The molecule has 0 bridgehead atoms. The molecule has 14 heavy (non-hydrogen) atoms. The fraction of sp³-hybridized carbons (Fsp3) is 0.385. The van der Waals surface area contributed by atoms with E-state index in [0.29, 0.717) is 0 Å². The molecule has 0 saturated heterocycles. The van der Waals surface area contributed by atoms with E-state index in [0.717, 1.165) is 0 Å². The molecule has 2 heterocycles. The quantitative estimate of drug-likeness (QED) is 0.677. The summed E-state index contributed by atoms with van der Waals surface area (Å²) in [5, 5.41) is 0. The maximum Gasteiger partial charge on any atom is 0.0458 e. The van der Waals surface area contributed by atoms with Crippen LogP contribution < -0.4 is 0 Å². The predicted octanol–water partition coefficient (Wildman–Crippen LogP) is 3.51. The number of fused-ring (bicyclic) bond motifs is 1. The number of hydrogen-bond acceptors (Lipinski definition) is 0. The third-order valence-electron chi connectivity index (χ3n) is 2.79. The number of rotatable bonds is 2. The zero-order valence-corrected chi connectivity index (χ0v) is 9.17. The summed E-state index contributed by atoms with van der Waals surface area (Å²) in [6, 6.07) is 8.75. The van der Waals surface area contributed by atoms with Gasteiger partial charge in [-0.1, -0.05) is 19.4 Å². The van der Waals surface area contributed by atoms with Gasteiger partial charge in [-0.15, -0.1) is 0 Å². The van der Waals surface area contributed by atoms with E-state index in [9.17, 15) is 0 Å². The van der Waals surface area contributed by atoms with Crippen molar-refractivity contribution in [3.63, 3.8) is 0 Å². The highest BCUT2D eigenvalue weighted by molar-refractivity contribution is 5.54. The molecule has 0 aliphatic rings. The van der Waals surface area contributed by atoms with Crippen LogP contribution in [-0.2, 0) is 6.42 Å². The number of aryl methyl sites for hydroxylation is 3. The number of nitrogens with zero attached hydrogens (tertiary/aromatic N) is 1. The summed E-state index contributed by atoms with van der Waals surface area (Å²) in [6.07, 6.45) is 2.38. The summed E-state index contributed by atoms with van der Waals surface area (Å²) < 4.78 is 2.37. The molecule has 1 heteroatoms. The van der Waals surface area contributed by atoms with Gasteiger partial charge in [0.15, 0.2) is 0 Å². The Bertz CT molecular complexity index is 451. The van der Waals surface area contributed by atoms with Crippen molar-refractivity contribution in [1.29, 1.82) is 0 Å². The van der Waals surface area contributed by atoms with Crippen LogP contribution in [0.2, 0.25) is 0 Å². The normalized spacial score (nSPS) is 11.1. The van der Waals surface area contributed by atoms with E-state index < -0.39 is 0 Å². The van der Waals surface area contributed by atoms with Gasteiger partial charge in [0, 0.05) is 16.9 Å². The van der Waals surface area contributed by atoms with Crippen molar-refractivity contribution in [3.05, 3.63) is 41.2 Å². The lowest BCUT2D eigenvalue weighted by Gasteiger charge is -2.06. The minimum atomic E-state index is 1.17. The van der Waals surface area contributed by atoms with E-state index >= 15 is 0 Å². The summed E-state index contributed by atoms with van der Waals surface area (Å²) in [6.45, 7) is 6.61. The van der Waals surface area contributed by atoms with Crippen LogP contribution >= 0.6 is 0 Å². The topological polar surface area (TPSA) is 4.41 Å². The lowest BCUT2D eigenvalue weighted by Crippen LogP contribution is -1.97. The van der Waals surface area contributed by atoms with E-state index in [4.69, 9.17) is 0 Å². The highest BCUT2D eigenvalue weighted by Gasteiger charge is 2.06. The van der Waals surface area contributed by atoms with Crippen LogP contribution in [0.15, 0.2) is 24.3 Å². The Labute approximate surface area is 85.4 Å². The third-order valence-corrected chi connectivity index (χ3v) is 2.79. The molecule has 2 aromatic rings. The van der Waals surface area contributed by atoms with Gasteiger partial charge in [0.2, 0.25) is 0 Å². The summed E-state index contributed by atoms with van der Waals surface area (Å²) in [5.41, 5.74) is 5.55. The smallest absolute Gasteiger partial charge is 0.0458 e. The van der Waals surface area contributed by atoms with E-state index in [1.54, 1.807) is 0 Å². The van der Waals surface area contributed by atoms with Crippen LogP contribution in [0.4, 0.5) is 0 Å². The maximum absolute atomic E-state index is 2.37. The van der Waals surface area contributed by atoms with Gasteiger partial charge >= 0.3 is 0 Å². The average Bonchev–Trinajstić information content (AvgIpc) is 2.45. The van der Waals surface area contributed by atoms with Crippen LogP contribution in [0.5, 0.6) is 0 Å². The van der Waals surface area contributed by atoms with Crippen molar-refractivity contribution in [2.75, 3.05) is 0 Å². The molecule has 0 amide bonds. The van der Waals surface area contributed by atoms with E-state index in [2.05, 4.69) is 49.4 Å². The third kappa shape index (κ3) is 1.33. The minimum Gasteiger partial charge on any atom is -0.318 e. The first kappa shape index (κ1) is 9.32. The van der Waals surface area contributed by atoms with Crippen molar-refractivity contribution in [2.45, 2.75) is 33.6 Å². The van der Waals surface area contributed by atoms with Gasteiger partial charge in [-0.05, 0) is 44.0 Å². The first-order valence-corrected chi connectivity index (χ1v) is 5.30. The lowest BCUT2D eigenvalue weighted by atomic mass is 10.2. The molecule has 2 rings (SSSR count). The molecule has 0 spiro atoms. The van der Waals surface area contributed by atoms with Crippen LogP contribution in [0.1, 0.15) is 30.3 Å². The molecular formula is C13H17N. The zero-order chi connectivity index (χ0) is 10.1. The lowest BCUT2D eigenvalue weighted by molar-refractivity contribution is 0.848. The van der Waals surface area contributed by atoms with Crippen LogP contribution in [0, 0.1) is 13.8 Å². The highest BCUT2D eigenvalue weighted by atomic mass is 14.9. The Morgan fingerprint density at radius 3 is 2.71 bits per heavy atom. The highest BCUT2D eigenvalue weighted by Crippen LogP contribution is 2.19. The summed E-state index contributed by atoms with van der Waals surface area (Å²) >= 11 is 0. The first-order chi connectivity index (χ1) is 6.74. The molecule has 1 nitrogen and oxygen atoms in total. The standard InChI is InChI=1S/C13H17N/c1-4-6-13-10(2)9-12-8-5-7-11(3)14(12)13/h5,7-9H,4,6H2,1-3H3. The van der Waals surface area contributed by atoms with Crippen molar-refractivity contribution in [1.82, 2.24) is 4.40 Å². The number of pyridine rings is 1. The second-order valence-electron chi connectivity index (χ2n) is 3.95. The second kappa shape index (κ2) is 3.49. The predicted molar refractivity (Wildman–Crippen MR) is 60.9 cm³/mol. The Morgan fingerprint density at radius 2 is 2.00 bits per heavy atom. The van der Waals surface area contributed by atoms with Crippen LogP contribution in [-0.4, -0.2) is 4.40 Å². The van der Waals surface area contributed by atoms with Crippen molar-refractivity contribution in [3.8, 4) is 0 Å². The fourth-order valence-electron chi connectivity index (χ4n) is 2.15. The Balaban J connectivity index is 2.73. The second-order valence-corrected chi connectivity index (χ2v) is 3.95. The van der Waals surface area contributed by atoms with Gasteiger partial charge in [0.1, 0.15) is 0 Å². The molecule has 2 aromatic heterocycles. The van der Waals surface area contributed by atoms with Crippen LogP contribution in [0.3, 0.4) is 0 Å². The zero-order valence-electron chi connectivity index (χ0n) is 9.17. The molecule has 0 aromatic carbocycles. The fourth-order valence-corrected chi connectivity index (χ4v) is 2.15. The van der Waals surface area contributed by atoms with Gasteiger partial charge in [0.25, 0.3) is 0 Å². The van der Waals surface area contributed by atoms with E-state index in [1.807, 2.05) is 0 Å². The molecule has 0 aliphatic carbocycles. The van der Waals surface area contributed by atoms with Gasteiger partial charge in [-0.3, -0.25) is 0 Å². The summed E-state index contributed by atoms with van der Waals surface area (Å²) in [7, 11) is 0. The molecule has 0 radical (unpaired) electrons. The number of aromatic nitrogens is 1. The van der Waals surface area contributed by atoms with Gasteiger partial charge in [-0.25, -0.2) is 0 Å². The Morgan fingerprint density at radius 1 is 1.21 bits per heavy atom. The van der Waals surface area contributed by atoms with Gasteiger partial charge < -0.3 is 4.40 Å². The average molecular weight is 187 g/mol. The van der Waals surface area contributed by atoms with Gasteiger partial charge in [-0.2, -0.15) is 0 Å². The molecule has 0 atom stereocenters. The van der Waals surface area contributed by atoms with E-state index in [1.165, 1.54) is 35.3 Å². The molecule has 0 saturated carbocycles. The summed E-state index contributed by atoms with van der Waals surface area (Å²) in [4.78, 5) is 0. The molecule has 74 valence electrons. The minimum absolute atomic E-state index is 1.17. The number of hydrogen-bond donors (Lipinski definition) is 0. The van der Waals surface area contributed by atoms with Crippen LogP contribution in [0.25, 0.3) is 5.52 Å². The van der Waals surface area contributed by atoms with Crippen molar-refractivity contribution >= 4 is 5.52 Å². The molecular weight excluding hydrogens is 170 g/mol. The molecule has 0 aliphatic heterocycles. The monoisotopic (exact) mass is 187 g/mol. The molecule has 0 unspecified atom stereocenters. The Kier molecular flexibility index (Phi) is 2.32. The first-order valence-electron chi connectivity index (χ1n) is 5.30. The van der Waals surface area contributed by atoms with E-state index in [-0.39, 0.29) is 0 Å². The SMILES string of the molecule is CCCc1c(C)cc2cccc(C)n12. The Hall–Kier alpha value is -1.24. The maximum atomic E-state index is 2.37.